The number of nitrogens with one attached hydrogen (secondary N) is 2. The van der Waals surface area contributed by atoms with E-state index in [-0.39, 0.29) is 36.1 Å². The number of aryl methyl sites for hydroxylation is 1. The van der Waals surface area contributed by atoms with Gasteiger partial charge in [-0.15, -0.1) is 34.2 Å². The van der Waals surface area contributed by atoms with Gasteiger partial charge in [0, 0.05) is 32.6 Å². The average Bonchev–Trinajstić information content (AvgIpc) is 3.27. The van der Waals surface area contributed by atoms with Crippen LogP contribution < -0.4 is 10.6 Å². The number of likely N-dealkylation sites (tertiary alicyclic amines) is 1. The second-order valence-electron chi connectivity index (χ2n) is 8.04. The van der Waals surface area contributed by atoms with Crippen molar-refractivity contribution in [2.45, 2.75) is 71.7 Å². The van der Waals surface area contributed by atoms with Crippen LogP contribution in [0.25, 0.3) is 0 Å². The van der Waals surface area contributed by atoms with E-state index in [1.54, 1.807) is 0 Å². The number of amides is 1. The van der Waals surface area contributed by atoms with Gasteiger partial charge in [0.2, 0.25) is 0 Å². The Bertz CT molecular complexity index is 699. The molecule has 0 bridgehead atoms. The number of rotatable bonds is 4. The number of guanidine groups is 1. The molecule has 1 atom stereocenters. The molecule has 3 heterocycles. The van der Waals surface area contributed by atoms with E-state index in [9.17, 15) is 4.79 Å². The molecule has 2 N–H and O–H groups in total. The van der Waals surface area contributed by atoms with E-state index in [4.69, 9.17) is 9.73 Å². The second kappa shape index (κ2) is 9.75. The molecule has 1 saturated heterocycles. The van der Waals surface area contributed by atoms with Crippen molar-refractivity contribution in [3.05, 3.63) is 11.6 Å². The highest BCUT2D eigenvalue weighted by atomic mass is 127. The number of alkyl carbamates (subject to hydrolysis) is 1. The molecule has 1 fully saturated rings. The molecular formula is C18H32IN7O2. The number of hydrogen-bond donors (Lipinski definition) is 2. The van der Waals surface area contributed by atoms with E-state index in [0.717, 1.165) is 56.5 Å². The van der Waals surface area contributed by atoms with Gasteiger partial charge in [0.1, 0.15) is 18.0 Å². The topological polar surface area (TPSA) is 96.7 Å². The molecule has 0 spiro atoms. The molecule has 1 aromatic rings. The first-order valence-electron chi connectivity index (χ1n) is 9.79. The Labute approximate surface area is 183 Å². The highest BCUT2D eigenvalue weighted by Gasteiger charge is 2.28. The summed E-state index contributed by atoms with van der Waals surface area (Å²) in [5.41, 5.74) is -0.489. The third-order valence-corrected chi connectivity index (χ3v) is 4.60. The number of hydrogen-bond acceptors (Lipinski definition) is 5. The van der Waals surface area contributed by atoms with E-state index in [0.29, 0.717) is 13.1 Å². The lowest BCUT2D eigenvalue weighted by Gasteiger charge is -2.23. The zero-order valence-corrected chi connectivity index (χ0v) is 19.5. The molecule has 1 aromatic heterocycles. The zero-order valence-electron chi connectivity index (χ0n) is 17.2. The largest absolute Gasteiger partial charge is 0.444 e. The number of ether oxygens (including phenoxy) is 1. The molecule has 2 aliphatic rings. The van der Waals surface area contributed by atoms with Crippen molar-refractivity contribution in [3.63, 3.8) is 0 Å². The molecule has 1 amide bonds. The van der Waals surface area contributed by atoms with Crippen molar-refractivity contribution in [3.8, 4) is 0 Å². The molecule has 158 valence electrons. The van der Waals surface area contributed by atoms with Crippen LogP contribution >= 0.6 is 24.0 Å². The number of carbonyl (C=O) groups excluding carboxylic acids is 1. The molecule has 10 heteroatoms. The molecule has 0 radical (unpaired) electrons. The summed E-state index contributed by atoms with van der Waals surface area (Å²) in [6, 6.07) is 0.0565. The van der Waals surface area contributed by atoms with Crippen LogP contribution in [-0.2, 0) is 24.2 Å². The van der Waals surface area contributed by atoms with Gasteiger partial charge in [0.25, 0.3) is 0 Å². The Morgan fingerprint density at radius 1 is 1.32 bits per heavy atom. The summed E-state index contributed by atoms with van der Waals surface area (Å²) < 4.78 is 7.52. The molecule has 1 unspecified atom stereocenters. The van der Waals surface area contributed by atoms with Crippen LogP contribution in [0.3, 0.4) is 0 Å². The summed E-state index contributed by atoms with van der Waals surface area (Å²) in [5, 5.41) is 14.8. The maximum Gasteiger partial charge on any atom is 0.407 e. The van der Waals surface area contributed by atoms with Crippen LogP contribution in [0, 0.1) is 0 Å². The number of carbonyl (C=O) groups is 1. The van der Waals surface area contributed by atoms with E-state index in [1.807, 2.05) is 20.8 Å². The highest BCUT2D eigenvalue weighted by molar-refractivity contribution is 14.0. The zero-order chi connectivity index (χ0) is 19.4. The Kier molecular flexibility index (Phi) is 7.90. The lowest BCUT2D eigenvalue weighted by Crippen LogP contribution is -2.44. The molecule has 0 aromatic carbocycles. The predicted molar refractivity (Wildman–Crippen MR) is 118 cm³/mol. The SMILES string of the molecule is CCNC(=NCc1nnc2n1CCC2)N1CCC(NC(=O)OC(C)(C)C)C1.I. The first-order chi connectivity index (χ1) is 12.9. The maximum atomic E-state index is 12.0. The van der Waals surface area contributed by atoms with Gasteiger partial charge in [-0.2, -0.15) is 0 Å². The van der Waals surface area contributed by atoms with Gasteiger partial charge in [-0.1, -0.05) is 0 Å². The van der Waals surface area contributed by atoms with Gasteiger partial charge in [0.05, 0.1) is 6.04 Å². The molecule has 2 aliphatic heterocycles. The monoisotopic (exact) mass is 505 g/mol. The number of aliphatic imine (C=N–C) groups is 1. The van der Waals surface area contributed by atoms with Gasteiger partial charge < -0.3 is 24.8 Å². The highest BCUT2D eigenvalue weighted by Crippen LogP contribution is 2.15. The van der Waals surface area contributed by atoms with Gasteiger partial charge >= 0.3 is 6.09 Å². The lowest BCUT2D eigenvalue weighted by atomic mass is 10.2. The van der Waals surface area contributed by atoms with E-state index in [1.165, 1.54) is 0 Å². The van der Waals surface area contributed by atoms with Gasteiger partial charge in [0.15, 0.2) is 11.8 Å². The minimum absolute atomic E-state index is 0. The van der Waals surface area contributed by atoms with Crippen molar-refractivity contribution in [2.24, 2.45) is 4.99 Å². The summed E-state index contributed by atoms with van der Waals surface area (Å²) in [7, 11) is 0. The third kappa shape index (κ3) is 5.95. The van der Waals surface area contributed by atoms with E-state index in [2.05, 4.69) is 37.2 Å². The first-order valence-corrected chi connectivity index (χ1v) is 9.79. The minimum atomic E-state index is -0.489. The minimum Gasteiger partial charge on any atom is -0.444 e. The number of halogens is 1. The van der Waals surface area contributed by atoms with Gasteiger partial charge in [-0.05, 0) is 40.5 Å². The van der Waals surface area contributed by atoms with Crippen LogP contribution in [0.15, 0.2) is 4.99 Å². The Hall–Kier alpha value is -1.59. The van der Waals surface area contributed by atoms with Crippen molar-refractivity contribution in [1.29, 1.82) is 0 Å². The molecule has 28 heavy (non-hydrogen) atoms. The average molecular weight is 505 g/mol. The summed E-state index contributed by atoms with van der Waals surface area (Å²) in [5.74, 6) is 2.83. The fraction of sp³-hybridized carbons (Fsp3) is 0.778. The van der Waals surface area contributed by atoms with E-state index >= 15 is 0 Å². The van der Waals surface area contributed by atoms with Crippen LogP contribution in [0.2, 0.25) is 0 Å². The normalized spacial score (nSPS) is 19.2. The molecular weight excluding hydrogens is 473 g/mol. The maximum absolute atomic E-state index is 12.0. The fourth-order valence-corrected chi connectivity index (χ4v) is 3.44. The van der Waals surface area contributed by atoms with Gasteiger partial charge in [-0.25, -0.2) is 9.79 Å². The fourth-order valence-electron chi connectivity index (χ4n) is 3.44. The first kappa shape index (κ1) is 22.7. The van der Waals surface area contributed by atoms with E-state index < -0.39 is 5.60 Å². The standard InChI is InChI=1S/C18H31N7O2.HI/c1-5-19-16(20-11-15-23-22-14-7-6-9-25(14)15)24-10-8-13(12-24)21-17(26)27-18(2,3)4;/h13H,5-12H2,1-4H3,(H,19,20)(H,21,26);1H. The second-order valence-corrected chi connectivity index (χ2v) is 8.04. The summed E-state index contributed by atoms with van der Waals surface area (Å²) >= 11 is 0. The van der Waals surface area contributed by atoms with Crippen molar-refractivity contribution in [1.82, 2.24) is 30.3 Å². The van der Waals surface area contributed by atoms with Crippen LogP contribution in [-0.4, -0.2) is 63.0 Å². The van der Waals surface area contributed by atoms with Crippen LogP contribution in [0.5, 0.6) is 0 Å². The Morgan fingerprint density at radius 3 is 2.82 bits per heavy atom. The smallest absolute Gasteiger partial charge is 0.407 e. The lowest BCUT2D eigenvalue weighted by molar-refractivity contribution is 0.0507. The number of aromatic nitrogens is 3. The molecule has 0 saturated carbocycles. The van der Waals surface area contributed by atoms with Crippen molar-refractivity contribution in [2.75, 3.05) is 19.6 Å². The van der Waals surface area contributed by atoms with Crippen molar-refractivity contribution >= 4 is 36.0 Å². The number of nitrogens with zero attached hydrogens (tertiary/aromatic N) is 5. The van der Waals surface area contributed by atoms with Crippen LogP contribution in [0.4, 0.5) is 4.79 Å². The quantitative estimate of drug-likeness (QED) is 0.369. The van der Waals surface area contributed by atoms with Gasteiger partial charge in [-0.3, -0.25) is 0 Å². The van der Waals surface area contributed by atoms with Crippen molar-refractivity contribution < 1.29 is 9.53 Å². The summed E-state index contributed by atoms with van der Waals surface area (Å²) in [6.07, 6.45) is 2.63. The molecule has 0 aliphatic carbocycles. The molecule has 3 rings (SSSR count). The van der Waals surface area contributed by atoms with Crippen LogP contribution in [0.1, 0.15) is 52.2 Å². The third-order valence-electron chi connectivity index (χ3n) is 4.60. The molecule has 9 nitrogen and oxygen atoms in total. The predicted octanol–water partition coefficient (Wildman–Crippen LogP) is 1.91. The summed E-state index contributed by atoms with van der Waals surface area (Å²) in [6.45, 7) is 11.5. The Balaban J connectivity index is 0.00000280. The number of fused-ring (bicyclic) bond motifs is 1. The summed E-state index contributed by atoms with van der Waals surface area (Å²) in [4.78, 5) is 18.9. The Morgan fingerprint density at radius 2 is 2.11 bits per heavy atom.